The molecule has 0 aromatic rings. The Hall–Kier alpha value is -0.200. The van der Waals surface area contributed by atoms with Crippen molar-refractivity contribution in [2.45, 2.75) is 83.3 Å². The highest BCUT2D eigenvalue weighted by Gasteiger charge is 2.35. The van der Waals surface area contributed by atoms with Crippen LogP contribution in [-0.4, -0.2) is 85.2 Å². The molecule has 146 valence electrons. The molecule has 0 saturated carbocycles. The molecule has 25 heavy (non-hydrogen) atoms. The van der Waals surface area contributed by atoms with Crippen LogP contribution in [0.25, 0.3) is 0 Å². The van der Waals surface area contributed by atoms with Crippen molar-refractivity contribution in [3.8, 4) is 0 Å². The second-order valence-corrected chi connectivity index (χ2v) is 9.67. The standard InChI is InChI=1S/C20H38N2O3/c1-19(2,3)24-17-6-9-21(12-17)11-8-20(4,5)25-18-7-10-22(13-18)16-14-23-15-16/h16-18H,6-15H2,1-5H3. The third-order valence-electron chi connectivity index (χ3n) is 5.58. The Morgan fingerprint density at radius 3 is 2.24 bits per heavy atom. The fraction of sp³-hybridized carbons (Fsp3) is 1.00. The second kappa shape index (κ2) is 7.81. The molecule has 0 bridgehead atoms. The lowest BCUT2D eigenvalue weighted by Crippen LogP contribution is -2.48. The van der Waals surface area contributed by atoms with Gasteiger partial charge in [-0.3, -0.25) is 4.90 Å². The van der Waals surface area contributed by atoms with Crippen LogP contribution in [0.1, 0.15) is 53.9 Å². The summed E-state index contributed by atoms with van der Waals surface area (Å²) in [5, 5.41) is 0. The minimum Gasteiger partial charge on any atom is -0.378 e. The molecule has 0 aliphatic carbocycles. The number of nitrogens with zero attached hydrogens (tertiary/aromatic N) is 2. The molecule has 3 heterocycles. The molecule has 3 aliphatic rings. The van der Waals surface area contributed by atoms with Gasteiger partial charge in [-0.2, -0.15) is 0 Å². The summed E-state index contributed by atoms with van der Waals surface area (Å²) in [7, 11) is 0. The normalized spacial score (nSPS) is 30.1. The van der Waals surface area contributed by atoms with Crippen LogP contribution >= 0.6 is 0 Å². The van der Waals surface area contributed by atoms with Crippen LogP contribution < -0.4 is 0 Å². The van der Waals surface area contributed by atoms with E-state index >= 15 is 0 Å². The fourth-order valence-corrected chi connectivity index (χ4v) is 4.15. The number of hydrogen-bond donors (Lipinski definition) is 0. The Balaban J connectivity index is 1.36. The van der Waals surface area contributed by atoms with E-state index in [1.54, 1.807) is 0 Å². The van der Waals surface area contributed by atoms with E-state index in [4.69, 9.17) is 14.2 Å². The van der Waals surface area contributed by atoms with Crippen LogP contribution in [0.3, 0.4) is 0 Å². The second-order valence-electron chi connectivity index (χ2n) is 9.67. The lowest BCUT2D eigenvalue weighted by atomic mass is 10.0. The van der Waals surface area contributed by atoms with Crippen molar-refractivity contribution in [3.63, 3.8) is 0 Å². The summed E-state index contributed by atoms with van der Waals surface area (Å²) in [6.07, 6.45) is 4.16. The van der Waals surface area contributed by atoms with Crippen molar-refractivity contribution in [3.05, 3.63) is 0 Å². The molecule has 2 unspecified atom stereocenters. The molecule has 3 rings (SSSR count). The molecule has 0 spiro atoms. The lowest BCUT2D eigenvalue weighted by Gasteiger charge is -2.35. The number of hydrogen-bond acceptors (Lipinski definition) is 5. The van der Waals surface area contributed by atoms with E-state index in [9.17, 15) is 0 Å². The van der Waals surface area contributed by atoms with Crippen molar-refractivity contribution in [1.82, 2.24) is 9.80 Å². The summed E-state index contributed by atoms with van der Waals surface area (Å²) in [6.45, 7) is 18.3. The first-order valence-corrected chi connectivity index (χ1v) is 10.1. The smallest absolute Gasteiger partial charge is 0.0721 e. The van der Waals surface area contributed by atoms with Gasteiger partial charge in [0.05, 0.1) is 42.7 Å². The highest BCUT2D eigenvalue weighted by Crippen LogP contribution is 2.26. The minimum atomic E-state index is -0.0558. The van der Waals surface area contributed by atoms with Crippen LogP contribution in [0.2, 0.25) is 0 Å². The van der Waals surface area contributed by atoms with E-state index < -0.39 is 0 Å². The van der Waals surface area contributed by atoms with Gasteiger partial charge < -0.3 is 19.1 Å². The first-order valence-electron chi connectivity index (χ1n) is 10.1. The summed E-state index contributed by atoms with van der Waals surface area (Å²) >= 11 is 0. The molecule has 3 aliphatic heterocycles. The van der Waals surface area contributed by atoms with E-state index in [1.807, 2.05) is 0 Å². The Bertz CT molecular complexity index is 431. The number of rotatable bonds is 7. The molecule has 0 radical (unpaired) electrons. The van der Waals surface area contributed by atoms with Gasteiger partial charge >= 0.3 is 0 Å². The van der Waals surface area contributed by atoms with Crippen molar-refractivity contribution in [2.75, 3.05) is 45.9 Å². The molecule has 0 aromatic heterocycles. The number of ether oxygens (including phenoxy) is 3. The molecule has 5 heteroatoms. The predicted molar refractivity (Wildman–Crippen MR) is 100 cm³/mol. The van der Waals surface area contributed by atoms with Crippen LogP contribution in [0, 0.1) is 0 Å². The van der Waals surface area contributed by atoms with Crippen molar-refractivity contribution in [1.29, 1.82) is 0 Å². The molecule has 5 nitrogen and oxygen atoms in total. The molecular formula is C20H38N2O3. The third kappa shape index (κ3) is 5.90. The zero-order valence-corrected chi connectivity index (χ0v) is 16.9. The summed E-state index contributed by atoms with van der Waals surface area (Å²) in [5.41, 5.74) is -0.0946. The Morgan fingerprint density at radius 2 is 1.60 bits per heavy atom. The van der Waals surface area contributed by atoms with Crippen LogP contribution in [0.4, 0.5) is 0 Å². The molecule has 0 aromatic carbocycles. The van der Waals surface area contributed by atoms with Gasteiger partial charge in [0.15, 0.2) is 0 Å². The topological polar surface area (TPSA) is 34.2 Å². The molecule has 0 N–H and O–H groups in total. The fourth-order valence-electron chi connectivity index (χ4n) is 4.15. The van der Waals surface area contributed by atoms with Gasteiger partial charge in [0, 0.05) is 32.7 Å². The summed E-state index contributed by atoms with van der Waals surface area (Å²) in [6, 6.07) is 0.640. The van der Waals surface area contributed by atoms with Crippen molar-refractivity contribution < 1.29 is 14.2 Å². The molecule has 0 amide bonds. The molecule has 3 fully saturated rings. The van der Waals surface area contributed by atoms with Crippen LogP contribution in [-0.2, 0) is 14.2 Å². The Labute approximate surface area is 154 Å². The average molecular weight is 355 g/mol. The largest absolute Gasteiger partial charge is 0.378 e. The highest BCUT2D eigenvalue weighted by atomic mass is 16.5. The van der Waals surface area contributed by atoms with E-state index in [0.717, 1.165) is 65.2 Å². The maximum atomic E-state index is 6.47. The predicted octanol–water partition coefficient (Wildman–Crippen LogP) is 2.53. The van der Waals surface area contributed by atoms with Gasteiger partial charge in [0.1, 0.15) is 0 Å². The highest BCUT2D eigenvalue weighted by molar-refractivity contribution is 4.87. The average Bonchev–Trinajstić information content (AvgIpc) is 3.02. The first-order chi connectivity index (χ1) is 11.7. The van der Waals surface area contributed by atoms with Gasteiger partial charge in [-0.25, -0.2) is 0 Å². The van der Waals surface area contributed by atoms with E-state index in [-0.39, 0.29) is 11.2 Å². The van der Waals surface area contributed by atoms with E-state index in [1.165, 1.54) is 0 Å². The quantitative estimate of drug-likeness (QED) is 0.702. The minimum absolute atomic E-state index is 0.0388. The maximum Gasteiger partial charge on any atom is 0.0721 e. The van der Waals surface area contributed by atoms with E-state index in [0.29, 0.717) is 18.2 Å². The molecular weight excluding hydrogens is 316 g/mol. The van der Waals surface area contributed by atoms with Crippen molar-refractivity contribution >= 4 is 0 Å². The third-order valence-corrected chi connectivity index (χ3v) is 5.58. The van der Waals surface area contributed by atoms with Crippen LogP contribution in [0.15, 0.2) is 0 Å². The summed E-state index contributed by atoms with van der Waals surface area (Å²) in [4.78, 5) is 5.08. The number of likely N-dealkylation sites (tertiary alicyclic amines) is 2. The maximum absolute atomic E-state index is 6.47. The van der Waals surface area contributed by atoms with Gasteiger partial charge in [0.2, 0.25) is 0 Å². The monoisotopic (exact) mass is 354 g/mol. The zero-order valence-electron chi connectivity index (χ0n) is 16.9. The first kappa shape index (κ1) is 19.6. The van der Waals surface area contributed by atoms with Gasteiger partial charge in [0.25, 0.3) is 0 Å². The van der Waals surface area contributed by atoms with Crippen molar-refractivity contribution in [2.24, 2.45) is 0 Å². The Kier molecular flexibility index (Phi) is 6.11. The molecule has 2 atom stereocenters. The molecule has 3 saturated heterocycles. The van der Waals surface area contributed by atoms with Gasteiger partial charge in [-0.05, 0) is 53.9 Å². The SMILES string of the molecule is CC(C)(C)OC1CCN(CCC(C)(C)OC2CCN(C3COC3)C2)C1. The Morgan fingerprint density at radius 1 is 0.920 bits per heavy atom. The van der Waals surface area contributed by atoms with E-state index in [2.05, 4.69) is 44.4 Å². The van der Waals surface area contributed by atoms with Crippen LogP contribution in [0.5, 0.6) is 0 Å². The summed E-state index contributed by atoms with van der Waals surface area (Å²) < 4.78 is 17.9. The zero-order chi connectivity index (χ0) is 18.1. The van der Waals surface area contributed by atoms with Gasteiger partial charge in [-0.1, -0.05) is 0 Å². The summed E-state index contributed by atoms with van der Waals surface area (Å²) in [5.74, 6) is 0. The van der Waals surface area contributed by atoms with Gasteiger partial charge in [-0.15, -0.1) is 0 Å². The lowest BCUT2D eigenvalue weighted by molar-refractivity contribution is -0.0893.